The van der Waals surface area contributed by atoms with Crippen molar-refractivity contribution in [3.63, 3.8) is 0 Å². The highest BCUT2D eigenvalue weighted by Crippen LogP contribution is 2.27. The molecular formula is C13H13NO3. The number of carbonyl (C=O) groups is 1. The zero-order chi connectivity index (χ0) is 12.3. The fourth-order valence-corrected chi connectivity index (χ4v) is 1.52. The predicted octanol–water partition coefficient (Wildman–Crippen LogP) is 2.71. The Balaban J connectivity index is 2.34. The molecule has 0 aliphatic carbocycles. The Morgan fingerprint density at radius 2 is 2.06 bits per heavy atom. The molecule has 0 saturated heterocycles. The van der Waals surface area contributed by atoms with Gasteiger partial charge in [-0.2, -0.15) is 0 Å². The average molecular weight is 231 g/mol. The fraction of sp³-hybridized carbons (Fsp3) is 0.154. The Labute approximate surface area is 99.0 Å². The van der Waals surface area contributed by atoms with Crippen LogP contribution in [0.3, 0.4) is 0 Å². The molecule has 17 heavy (non-hydrogen) atoms. The first-order valence-corrected chi connectivity index (χ1v) is 5.34. The maximum absolute atomic E-state index is 11.5. The Morgan fingerprint density at radius 1 is 1.35 bits per heavy atom. The Kier molecular flexibility index (Phi) is 3.14. The van der Waals surface area contributed by atoms with Crippen LogP contribution in [0, 0.1) is 0 Å². The lowest BCUT2D eigenvalue weighted by Gasteiger charge is -1.97. The van der Waals surface area contributed by atoms with Crippen LogP contribution in [0.15, 0.2) is 40.8 Å². The third-order valence-corrected chi connectivity index (χ3v) is 2.31. The van der Waals surface area contributed by atoms with Crippen molar-refractivity contribution in [2.45, 2.75) is 6.92 Å². The van der Waals surface area contributed by atoms with E-state index in [2.05, 4.69) is 0 Å². The van der Waals surface area contributed by atoms with E-state index < -0.39 is 5.97 Å². The first-order valence-electron chi connectivity index (χ1n) is 5.34. The van der Waals surface area contributed by atoms with Crippen molar-refractivity contribution in [1.82, 2.24) is 0 Å². The van der Waals surface area contributed by atoms with Gasteiger partial charge in [0.2, 0.25) is 5.88 Å². The second-order valence-electron chi connectivity index (χ2n) is 3.48. The number of carbonyl (C=O) groups excluding carboxylic acids is 1. The van der Waals surface area contributed by atoms with E-state index in [1.165, 1.54) is 0 Å². The van der Waals surface area contributed by atoms with E-state index in [0.29, 0.717) is 12.4 Å². The second kappa shape index (κ2) is 4.74. The SMILES string of the molecule is CCOC(=O)c1cc(-c2ccccc2)oc1N. The molecule has 0 fully saturated rings. The largest absolute Gasteiger partial charge is 0.462 e. The van der Waals surface area contributed by atoms with Crippen molar-refractivity contribution in [2.75, 3.05) is 12.3 Å². The summed E-state index contributed by atoms with van der Waals surface area (Å²) < 4.78 is 10.2. The van der Waals surface area contributed by atoms with Gasteiger partial charge in [-0.25, -0.2) is 4.79 Å². The van der Waals surface area contributed by atoms with Gasteiger partial charge < -0.3 is 14.9 Å². The first-order chi connectivity index (χ1) is 8.22. The van der Waals surface area contributed by atoms with Gasteiger partial charge in [0.05, 0.1) is 6.61 Å². The molecule has 0 amide bonds. The minimum absolute atomic E-state index is 0.0855. The minimum Gasteiger partial charge on any atom is -0.462 e. The van der Waals surface area contributed by atoms with Crippen LogP contribution in [0.1, 0.15) is 17.3 Å². The molecule has 0 aliphatic heterocycles. The summed E-state index contributed by atoms with van der Waals surface area (Å²) in [6, 6.07) is 11.0. The highest BCUT2D eigenvalue weighted by atomic mass is 16.5. The van der Waals surface area contributed by atoms with Crippen LogP contribution in [0.2, 0.25) is 0 Å². The van der Waals surface area contributed by atoms with Crippen LogP contribution in [0.25, 0.3) is 11.3 Å². The molecule has 0 spiro atoms. The molecule has 1 aromatic heterocycles. The first kappa shape index (κ1) is 11.3. The summed E-state index contributed by atoms with van der Waals surface area (Å²) in [4.78, 5) is 11.5. The minimum atomic E-state index is -0.462. The van der Waals surface area contributed by atoms with Crippen LogP contribution in [0.5, 0.6) is 0 Å². The van der Waals surface area contributed by atoms with Crippen molar-refractivity contribution in [1.29, 1.82) is 0 Å². The maximum atomic E-state index is 11.5. The zero-order valence-electron chi connectivity index (χ0n) is 9.47. The average Bonchev–Trinajstić information content (AvgIpc) is 2.73. The van der Waals surface area contributed by atoms with E-state index in [0.717, 1.165) is 5.56 Å². The number of furan rings is 1. The van der Waals surface area contributed by atoms with E-state index in [9.17, 15) is 4.79 Å². The molecule has 0 atom stereocenters. The van der Waals surface area contributed by atoms with E-state index in [1.807, 2.05) is 30.3 Å². The Morgan fingerprint density at radius 3 is 2.71 bits per heavy atom. The van der Waals surface area contributed by atoms with Gasteiger partial charge in [0, 0.05) is 11.6 Å². The number of hydrogen-bond donors (Lipinski definition) is 1. The van der Waals surface area contributed by atoms with Crippen LogP contribution < -0.4 is 5.73 Å². The van der Waals surface area contributed by atoms with Crippen molar-refractivity contribution < 1.29 is 13.9 Å². The van der Waals surface area contributed by atoms with Gasteiger partial charge in [0.25, 0.3) is 0 Å². The predicted molar refractivity (Wildman–Crippen MR) is 64.5 cm³/mol. The topological polar surface area (TPSA) is 65.5 Å². The summed E-state index contributed by atoms with van der Waals surface area (Å²) in [6.45, 7) is 2.05. The Bertz CT molecular complexity index is 517. The van der Waals surface area contributed by atoms with Crippen molar-refractivity contribution >= 4 is 11.9 Å². The molecular weight excluding hydrogens is 218 g/mol. The quantitative estimate of drug-likeness (QED) is 0.825. The van der Waals surface area contributed by atoms with E-state index in [1.54, 1.807) is 13.0 Å². The van der Waals surface area contributed by atoms with Gasteiger partial charge in [-0.3, -0.25) is 0 Å². The van der Waals surface area contributed by atoms with Gasteiger partial charge in [0.15, 0.2) is 0 Å². The monoisotopic (exact) mass is 231 g/mol. The number of hydrogen-bond acceptors (Lipinski definition) is 4. The molecule has 0 unspecified atom stereocenters. The smallest absolute Gasteiger partial charge is 0.343 e. The molecule has 4 nitrogen and oxygen atoms in total. The summed E-state index contributed by atoms with van der Waals surface area (Å²) in [5.74, 6) is 0.185. The van der Waals surface area contributed by atoms with E-state index in [-0.39, 0.29) is 11.4 Å². The summed E-state index contributed by atoms with van der Waals surface area (Å²) >= 11 is 0. The molecule has 2 N–H and O–H groups in total. The standard InChI is InChI=1S/C13H13NO3/c1-2-16-13(15)10-8-11(17-12(10)14)9-6-4-3-5-7-9/h3-8H,2,14H2,1H3. The molecule has 0 aliphatic rings. The maximum Gasteiger partial charge on any atom is 0.343 e. The van der Waals surface area contributed by atoms with E-state index in [4.69, 9.17) is 14.9 Å². The molecule has 2 aromatic rings. The molecule has 2 rings (SSSR count). The third-order valence-electron chi connectivity index (χ3n) is 2.31. The van der Waals surface area contributed by atoms with Crippen molar-refractivity contribution in [3.8, 4) is 11.3 Å². The van der Waals surface area contributed by atoms with Crippen LogP contribution in [0.4, 0.5) is 5.88 Å². The number of nitrogens with two attached hydrogens (primary N) is 1. The van der Waals surface area contributed by atoms with Gasteiger partial charge in [-0.1, -0.05) is 30.3 Å². The number of rotatable bonds is 3. The number of esters is 1. The third kappa shape index (κ3) is 2.30. The fourth-order valence-electron chi connectivity index (χ4n) is 1.52. The van der Waals surface area contributed by atoms with E-state index >= 15 is 0 Å². The van der Waals surface area contributed by atoms with Gasteiger partial charge in [0.1, 0.15) is 11.3 Å². The van der Waals surface area contributed by atoms with Crippen molar-refractivity contribution in [2.24, 2.45) is 0 Å². The molecule has 88 valence electrons. The molecule has 4 heteroatoms. The number of anilines is 1. The molecule has 1 aromatic carbocycles. The summed E-state index contributed by atoms with van der Waals surface area (Å²) in [5.41, 5.74) is 6.78. The van der Waals surface area contributed by atoms with Crippen molar-refractivity contribution in [3.05, 3.63) is 42.0 Å². The highest BCUT2D eigenvalue weighted by Gasteiger charge is 2.17. The van der Waals surface area contributed by atoms with Gasteiger partial charge in [-0.05, 0) is 6.92 Å². The molecule has 1 heterocycles. The summed E-state index contributed by atoms with van der Waals surface area (Å²) in [7, 11) is 0. The lowest BCUT2D eigenvalue weighted by Crippen LogP contribution is -2.05. The highest BCUT2D eigenvalue weighted by molar-refractivity contribution is 5.95. The summed E-state index contributed by atoms with van der Waals surface area (Å²) in [6.07, 6.45) is 0. The lowest BCUT2D eigenvalue weighted by molar-refractivity contribution is 0.0527. The number of benzene rings is 1. The van der Waals surface area contributed by atoms with Gasteiger partial charge >= 0.3 is 5.97 Å². The number of ether oxygens (including phenoxy) is 1. The van der Waals surface area contributed by atoms with Gasteiger partial charge in [-0.15, -0.1) is 0 Å². The zero-order valence-corrected chi connectivity index (χ0v) is 9.47. The lowest BCUT2D eigenvalue weighted by atomic mass is 10.1. The van der Waals surface area contributed by atoms with Crippen LogP contribution in [-0.2, 0) is 4.74 Å². The molecule has 0 radical (unpaired) electrons. The molecule has 0 bridgehead atoms. The second-order valence-corrected chi connectivity index (χ2v) is 3.48. The van der Waals surface area contributed by atoms with Crippen LogP contribution in [-0.4, -0.2) is 12.6 Å². The normalized spacial score (nSPS) is 10.2. The molecule has 0 saturated carbocycles. The summed E-state index contributed by atoms with van der Waals surface area (Å²) in [5, 5.41) is 0. The Hall–Kier alpha value is -2.23. The van der Waals surface area contributed by atoms with Crippen LogP contribution >= 0.6 is 0 Å². The number of nitrogen functional groups attached to an aromatic ring is 1.